The quantitative estimate of drug-likeness (QED) is 0.794. The number of furan rings is 1. The number of nitrogens with zero attached hydrogens (tertiary/aromatic N) is 1. The lowest BCUT2D eigenvalue weighted by atomic mass is 10.1. The predicted octanol–water partition coefficient (Wildman–Crippen LogP) is 2.75. The molecule has 1 aromatic heterocycles. The van der Waals surface area contributed by atoms with Gasteiger partial charge in [0, 0.05) is 15.4 Å². The van der Waals surface area contributed by atoms with Crippen molar-refractivity contribution in [3.63, 3.8) is 0 Å². The van der Waals surface area contributed by atoms with Gasteiger partial charge in [-0.2, -0.15) is 5.26 Å². The first-order valence-electron chi connectivity index (χ1n) is 3.96. The number of hydrogen-bond acceptors (Lipinski definition) is 3. The summed E-state index contributed by atoms with van der Waals surface area (Å²) in [5.74, 6) is 0. The first kappa shape index (κ1) is 9.25. The van der Waals surface area contributed by atoms with Gasteiger partial charge in [-0.3, -0.25) is 0 Å². The van der Waals surface area contributed by atoms with Crippen molar-refractivity contribution in [3.8, 4) is 6.07 Å². The highest BCUT2D eigenvalue weighted by Gasteiger charge is 2.13. The molecule has 0 amide bonds. The molecule has 70 valence electrons. The van der Waals surface area contributed by atoms with Crippen LogP contribution in [0.2, 0.25) is 0 Å². The van der Waals surface area contributed by atoms with Gasteiger partial charge in [-0.15, -0.1) is 0 Å². The number of halogens is 1. The topological polar surface area (TPSA) is 57.2 Å². The summed E-state index contributed by atoms with van der Waals surface area (Å²) in [6, 6.07) is 7.20. The summed E-state index contributed by atoms with van der Waals surface area (Å²) < 4.78 is 6.08. The Morgan fingerprint density at radius 2 is 2.29 bits per heavy atom. The number of aliphatic hydroxyl groups excluding tert-OH is 1. The minimum Gasteiger partial charge on any atom is -0.464 e. The van der Waals surface area contributed by atoms with E-state index in [4.69, 9.17) is 9.68 Å². The number of hydrogen-bond donors (Lipinski definition) is 1. The maximum Gasteiger partial charge on any atom is 0.169 e. The molecule has 0 saturated carbocycles. The molecule has 3 nitrogen and oxygen atoms in total. The highest BCUT2D eigenvalue weighted by Crippen LogP contribution is 2.28. The first-order valence-corrected chi connectivity index (χ1v) is 4.76. The predicted molar refractivity (Wildman–Crippen MR) is 54.5 cm³/mol. The molecular weight excluding hydrogens is 246 g/mol. The SMILES string of the molecule is N#CC(O)c1coc2ccc(Br)cc12. The molecule has 1 heterocycles. The molecule has 0 bridgehead atoms. The summed E-state index contributed by atoms with van der Waals surface area (Å²) in [7, 11) is 0. The van der Waals surface area contributed by atoms with E-state index in [1.165, 1.54) is 6.26 Å². The summed E-state index contributed by atoms with van der Waals surface area (Å²) in [5, 5.41) is 18.7. The van der Waals surface area contributed by atoms with E-state index >= 15 is 0 Å². The summed E-state index contributed by atoms with van der Waals surface area (Å²) in [6.45, 7) is 0. The van der Waals surface area contributed by atoms with Crippen molar-refractivity contribution in [2.24, 2.45) is 0 Å². The van der Waals surface area contributed by atoms with Crippen LogP contribution in [0.5, 0.6) is 0 Å². The van der Waals surface area contributed by atoms with Crippen LogP contribution in [0.25, 0.3) is 11.0 Å². The fraction of sp³-hybridized carbons (Fsp3) is 0.100. The second-order valence-electron chi connectivity index (χ2n) is 2.86. The van der Waals surface area contributed by atoms with Crippen LogP contribution in [0.3, 0.4) is 0 Å². The zero-order valence-corrected chi connectivity index (χ0v) is 8.65. The lowest BCUT2D eigenvalue weighted by molar-refractivity contribution is 0.236. The summed E-state index contributed by atoms with van der Waals surface area (Å²) in [4.78, 5) is 0. The molecule has 2 rings (SSSR count). The smallest absolute Gasteiger partial charge is 0.169 e. The van der Waals surface area contributed by atoms with E-state index in [1.54, 1.807) is 12.1 Å². The van der Waals surface area contributed by atoms with Crippen molar-refractivity contribution in [3.05, 3.63) is 34.5 Å². The van der Waals surface area contributed by atoms with Gasteiger partial charge < -0.3 is 9.52 Å². The normalized spacial score (nSPS) is 12.6. The number of aliphatic hydroxyl groups is 1. The molecule has 1 N–H and O–H groups in total. The van der Waals surface area contributed by atoms with E-state index in [2.05, 4.69) is 15.9 Å². The summed E-state index contributed by atoms with van der Waals surface area (Å²) in [6.07, 6.45) is 0.274. The fourth-order valence-electron chi connectivity index (χ4n) is 1.30. The van der Waals surface area contributed by atoms with Gasteiger partial charge in [0.2, 0.25) is 0 Å². The third-order valence-electron chi connectivity index (χ3n) is 1.98. The minimum absolute atomic E-state index is 0.504. The van der Waals surface area contributed by atoms with Crippen LogP contribution in [-0.4, -0.2) is 5.11 Å². The molecule has 0 aliphatic carbocycles. The lowest BCUT2D eigenvalue weighted by Crippen LogP contribution is -1.90. The minimum atomic E-state index is -1.13. The summed E-state index contributed by atoms with van der Waals surface area (Å²) >= 11 is 3.32. The molecular formula is C10H6BrNO2. The van der Waals surface area contributed by atoms with Crippen LogP contribution in [0.15, 0.2) is 33.4 Å². The molecule has 0 aliphatic rings. The van der Waals surface area contributed by atoms with E-state index in [1.807, 2.05) is 12.1 Å². The van der Waals surface area contributed by atoms with E-state index in [0.717, 1.165) is 9.86 Å². The monoisotopic (exact) mass is 251 g/mol. The largest absolute Gasteiger partial charge is 0.464 e. The lowest BCUT2D eigenvalue weighted by Gasteiger charge is -1.97. The molecule has 0 spiro atoms. The molecule has 0 aliphatic heterocycles. The molecule has 0 saturated heterocycles. The molecule has 1 aromatic carbocycles. The standard InChI is InChI=1S/C10H6BrNO2/c11-6-1-2-10-7(3-6)8(5-14-10)9(13)4-12/h1-3,5,9,13H. The Balaban J connectivity index is 2.68. The van der Waals surface area contributed by atoms with E-state index < -0.39 is 6.10 Å². The van der Waals surface area contributed by atoms with Crippen LogP contribution >= 0.6 is 15.9 Å². The fourth-order valence-corrected chi connectivity index (χ4v) is 1.66. The van der Waals surface area contributed by atoms with E-state index in [9.17, 15) is 5.11 Å². The molecule has 1 atom stereocenters. The van der Waals surface area contributed by atoms with Gasteiger partial charge in [-0.05, 0) is 18.2 Å². The maximum absolute atomic E-state index is 9.37. The van der Waals surface area contributed by atoms with Gasteiger partial charge in [-0.25, -0.2) is 0 Å². The second kappa shape index (κ2) is 3.45. The Hall–Kier alpha value is -1.31. The Morgan fingerprint density at radius 1 is 1.50 bits per heavy atom. The van der Waals surface area contributed by atoms with Crippen molar-refractivity contribution >= 4 is 26.9 Å². The van der Waals surface area contributed by atoms with Crippen LogP contribution in [-0.2, 0) is 0 Å². The molecule has 2 aromatic rings. The molecule has 4 heteroatoms. The average Bonchev–Trinajstić information content (AvgIpc) is 2.59. The molecule has 14 heavy (non-hydrogen) atoms. The van der Waals surface area contributed by atoms with Crippen LogP contribution in [0.4, 0.5) is 0 Å². The van der Waals surface area contributed by atoms with Crippen molar-refractivity contribution < 1.29 is 9.52 Å². The van der Waals surface area contributed by atoms with Crippen molar-refractivity contribution in [2.75, 3.05) is 0 Å². The second-order valence-corrected chi connectivity index (χ2v) is 3.78. The number of fused-ring (bicyclic) bond motifs is 1. The Labute approximate surface area is 88.7 Å². The van der Waals surface area contributed by atoms with Gasteiger partial charge >= 0.3 is 0 Å². The van der Waals surface area contributed by atoms with E-state index in [0.29, 0.717) is 11.1 Å². The Kier molecular flexibility index (Phi) is 2.28. The number of rotatable bonds is 1. The number of benzene rings is 1. The van der Waals surface area contributed by atoms with Crippen LogP contribution < -0.4 is 0 Å². The Bertz CT molecular complexity index is 512. The molecule has 0 radical (unpaired) electrons. The third kappa shape index (κ3) is 1.41. The zero-order chi connectivity index (χ0) is 10.1. The third-order valence-corrected chi connectivity index (χ3v) is 2.48. The van der Waals surface area contributed by atoms with Crippen molar-refractivity contribution in [1.29, 1.82) is 5.26 Å². The van der Waals surface area contributed by atoms with Gasteiger partial charge in [0.1, 0.15) is 5.58 Å². The Morgan fingerprint density at radius 3 is 3.00 bits per heavy atom. The van der Waals surface area contributed by atoms with Gasteiger partial charge in [-0.1, -0.05) is 15.9 Å². The van der Waals surface area contributed by atoms with Crippen molar-refractivity contribution in [2.45, 2.75) is 6.10 Å². The highest BCUT2D eigenvalue weighted by atomic mass is 79.9. The maximum atomic E-state index is 9.37. The highest BCUT2D eigenvalue weighted by molar-refractivity contribution is 9.10. The van der Waals surface area contributed by atoms with Crippen LogP contribution in [0, 0.1) is 11.3 Å². The average molecular weight is 252 g/mol. The molecule has 1 unspecified atom stereocenters. The van der Waals surface area contributed by atoms with Gasteiger partial charge in [0.25, 0.3) is 0 Å². The van der Waals surface area contributed by atoms with E-state index in [-0.39, 0.29) is 0 Å². The first-order chi connectivity index (χ1) is 6.72. The van der Waals surface area contributed by atoms with Crippen molar-refractivity contribution in [1.82, 2.24) is 0 Å². The van der Waals surface area contributed by atoms with Gasteiger partial charge in [0.15, 0.2) is 6.10 Å². The zero-order valence-electron chi connectivity index (χ0n) is 7.07. The summed E-state index contributed by atoms with van der Waals surface area (Å²) in [5.41, 5.74) is 1.17. The van der Waals surface area contributed by atoms with Crippen LogP contribution in [0.1, 0.15) is 11.7 Å². The number of nitriles is 1. The molecule has 0 fully saturated rings. The van der Waals surface area contributed by atoms with Gasteiger partial charge in [0.05, 0.1) is 12.3 Å².